The van der Waals surface area contributed by atoms with Crippen molar-refractivity contribution in [1.29, 1.82) is 0 Å². The second kappa shape index (κ2) is 8.63. The van der Waals surface area contributed by atoms with Crippen LogP contribution in [0.15, 0.2) is 71.3 Å². The fraction of sp³-hybridized carbons (Fsp3) is 0.217. The summed E-state index contributed by atoms with van der Waals surface area (Å²) < 4.78 is 10.9. The summed E-state index contributed by atoms with van der Waals surface area (Å²) in [5.74, 6) is 0.309. The lowest BCUT2D eigenvalue weighted by Crippen LogP contribution is -2.36. The number of nitrogens with one attached hydrogen (secondary N) is 1. The summed E-state index contributed by atoms with van der Waals surface area (Å²) in [7, 11) is 1.53. The fourth-order valence-electron chi connectivity index (χ4n) is 3.67. The van der Waals surface area contributed by atoms with Gasteiger partial charge in [0.05, 0.1) is 25.0 Å². The van der Waals surface area contributed by atoms with Crippen LogP contribution in [0.4, 0.5) is 5.69 Å². The maximum absolute atomic E-state index is 13.1. The van der Waals surface area contributed by atoms with Crippen molar-refractivity contribution in [3.05, 3.63) is 83.3 Å². The molecule has 2 heterocycles. The van der Waals surface area contributed by atoms with Gasteiger partial charge in [-0.25, -0.2) is 0 Å². The number of amides is 2. The molecule has 1 aromatic heterocycles. The first-order valence-corrected chi connectivity index (χ1v) is 9.97. The molecule has 2 unspecified atom stereocenters. The summed E-state index contributed by atoms with van der Waals surface area (Å²) in [6.07, 6.45) is 1.69. The number of furan rings is 1. The number of anilines is 1. The first-order chi connectivity index (χ1) is 14.6. The first kappa shape index (κ1) is 20.0. The average Bonchev–Trinajstić information content (AvgIpc) is 3.42. The summed E-state index contributed by atoms with van der Waals surface area (Å²) in [6.45, 7) is 0.251. The van der Waals surface area contributed by atoms with Crippen LogP contribution in [0.5, 0.6) is 5.75 Å². The minimum atomic E-state index is -0.498. The third-order valence-electron chi connectivity index (χ3n) is 5.17. The van der Waals surface area contributed by atoms with Gasteiger partial charge < -0.3 is 19.4 Å². The largest absolute Gasteiger partial charge is 0.495 e. The van der Waals surface area contributed by atoms with Gasteiger partial charge in [0.2, 0.25) is 11.8 Å². The molecular formula is C23H21ClN2O4. The van der Waals surface area contributed by atoms with Gasteiger partial charge in [-0.3, -0.25) is 9.59 Å². The monoisotopic (exact) mass is 424 g/mol. The van der Waals surface area contributed by atoms with Gasteiger partial charge in [-0.15, -0.1) is 0 Å². The Balaban J connectivity index is 1.54. The van der Waals surface area contributed by atoms with Crippen molar-refractivity contribution in [2.24, 2.45) is 5.92 Å². The van der Waals surface area contributed by atoms with Gasteiger partial charge in [0.25, 0.3) is 0 Å². The van der Waals surface area contributed by atoms with E-state index in [1.165, 1.54) is 7.11 Å². The number of benzene rings is 2. The number of rotatable bonds is 6. The Hall–Kier alpha value is -3.25. The highest BCUT2D eigenvalue weighted by Crippen LogP contribution is 2.35. The predicted octanol–water partition coefficient (Wildman–Crippen LogP) is 4.20. The van der Waals surface area contributed by atoms with E-state index in [-0.39, 0.29) is 24.8 Å². The number of carbonyl (C=O) groups excluding carboxylic acids is 2. The van der Waals surface area contributed by atoms with Crippen LogP contribution in [0, 0.1) is 5.92 Å². The van der Waals surface area contributed by atoms with Crippen LogP contribution in [0.3, 0.4) is 0 Å². The Morgan fingerprint density at radius 3 is 2.70 bits per heavy atom. The number of methoxy groups -OCH3 is 1. The SMILES string of the molecule is COc1ccc(Cl)cc1N1CC(C(=O)NC(c2ccccc2)c2ccco2)CC1=O. The van der Waals surface area contributed by atoms with E-state index in [1.807, 2.05) is 36.4 Å². The van der Waals surface area contributed by atoms with Crippen molar-refractivity contribution in [1.82, 2.24) is 5.32 Å². The smallest absolute Gasteiger partial charge is 0.227 e. The molecule has 2 aromatic carbocycles. The van der Waals surface area contributed by atoms with Crippen LogP contribution in [-0.4, -0.2) is 25.5 Å². The molecule has 0 saturated carbocycles. The van der Waals surface area contributed by atoms with Crippen molar-refractivity contribution >= 4 is 29.1 Å². The summed E-state index contributed by atoms with van der Waals surface area (Å²) >= 11 is 6.11. The second-order valence-electron chi connectivity index (χ2n) is 7.09. The highest BCUT2D eigenvalue weighted by atomic mass is 35.5. The van der Waals surface area contributed by atoms with Crippen molar-refractivity contribution < 1.29 is 18.7 Å². The summed E-state index contributed by atoms with van der Waals surface area (Å²) in [6, 6.07) is 17.8. The number of halogens is 1. The molecule has 1 aliphatic heterocycles. The summed E-state index contributed by atoms with van der Waals surface area (Å²) in [5, 5.41) is 3.54. The highest BCUT2D eigenvalue weighted by Gasteiger charge is 2.37. The molecular weight excluding hydrogens is 404 g/mol. The summed E-state index contributed by atoms with van der Waals surface area (Å²) in [4.78, 5) is 27.3. The molecule has 6 nitrogen and oxygen atoms in total. The molecule has 154 valence electrons. The van der Waals surface area contributed by atoms with E-state index < -0.39 is 12.0 Å². The van der Waals surface area contributed by atoms with Gasteiger partial charge in [-0.1, -0.05) is 41.9 Å². The Labute approximate surface area is 179 Å². The number of hydrogen-bond acceptors (Lipinski definition) is 4. The maximum Gasteiger partial charge on any atom is 0.227 e. The molecule has 1 fully saturated rings. The number of nitrogens with zero attached hydrogens (tertiary/aromatic N) is 1. The van der Waals surface area contributed by atoms with E-state index >= 15 is 0 Å². The molecule has 4 rings (SSSR count). The zero-order valence-corrected chi connectivity index (χ0v) is 17.1. The Morgan fingerprint density at radius 2 is 2.00 bits per heavy atom. The lowest BCUT2D eigenvalue weighted by atomic mass is 10.0. The van der Waals surface area contributed by atoms with E-state index in [0.29, 0.717) is 22.2 Å². The molecule has 0 radical (unpaired) electrons. The minimum Gasteiger partial charge on any atom is -0.495 e. The predicted molar refractivity (Wildman–Crippen MR) is 114 cm³/mol. The molecule has 1 saturated heterocycles. The summed E-state index contributed by atoms with van der Waals surface area (Å²) in [5.41, 5.74) is 1.47. The van der Waals surface area contributed by atoms with Crippen molar-refractivity contribution in [3.8, 4) is 5.75 Å². The van der Waals surface area contributed by atoms with Gasteiger partial charge in [0, 0.05) is 18.0 Å². The first-order valence-electron chi connectivity index (χ1n) is 9.59. The topological polar surface area (TPSA) is 71.8 Å². The van der Waals surface area contributed by atoms with Gasteiger partial charge in [-0.2, -0.15) is 0 Å². The third-order valence-corrected chi connectivity index (χ3v) is 5.41. The van der Waals surface area contributed by atoms with Crippen LogP contribution in [-0.2, 0) is 9.59 Å². The molecule has 2 amide bonds. The highest BCUT2D eigenvalue weighted by molar-refractivity contribution is 6.31. The zero-order chi connectivity index (χ0) is 21.1. The van der Waals surface area contributed by atoms with Gasteiger partial charge in [0.1, 0.15) is 17.6 Å². The molecule has 1 N–H and O–H groups in total. The van der Waals surface area contributed by atoms with Crippen LogP contribution in [0.2, 0.25) is 5.02 Å². The van der Waals surface area contributed by atoms with Crippen molar-refractivity contribution in [2.75, 3.05) is 18.6 Å². The molecule has 2 atom stereocenters. The Bertz CT molecular complexity index is 1040. The quantitative estimate of drug-likeness (QED) is 0.643. The van der Waals surface area contributed by atoms with Crippen LogP contribution in [0.1, 0.15) is 23.8 Å². The zero-order valence-electron chi connectivity index (χ0n) is 16.4. The lowest BCUT2D eigenvalue weighted by molar-refractivity contribution is -0.126. The minimum absolute atomic E-state index is 0.112. The molecule has 0 spiro atoms. The van der Waals surface area contributed by atoms with Gasteiger partial charge in [-0.05, 0) is 35.9 Å². The van der Waals surface area contributed by atoms with Gasteiger partial charge >= 0.3 is 0 Å². The standard InChI is InChI=1S/C23H21ClN2O4/c1-29-19-10-9-17(24)13-18(19)26-14-16(12-21(26)27)23(28)25-22(20-8-5-11-30-20)15-6-3-2-4-7-15/h2-11,13,16,22H,12,14H2,1H3,(H,25,28). The Morgan fingerprint density at radius 1 is 1.20 bits per heavy atom. The number of carbonyl (C=O) groups is 2. The normalized spacial score (nSPS) is 17.1. The molecule has 0 bridgehead atoms. The fourth-order valence-corrected chi connectivity index (χ4v) is 3.84. The maximum atomic E-state index is 13.1. The van der Waals surface area contributed by atoms with Crippen LogP contribution >= 0.6 is 11.6 Å². The van der Waals surface area contributed by atoms with E-state index in [0.717, 1.165) is 5.56 Å². The van der Waals surface area contributed by atoms with E-state index in [4.69, 9.17) is 20.8 Å². The lowest BCUT2D eigenvalue weighted by Gasteiger charge is -2.21. The van der Waals surface area contributed by atoms with Crippen molar-refractivity contribution in [3.63, 3.8) is 0 Å². The Kier molecular flexibility index (Phi) is 5.77. The molecule has 1 aliphatic rings. The van der Waals surface area contributed by atoms with Crippen LogP contribution in [0.25, 0.3) is 0 Å². The van der Waals surface area contributed by atoms with E-state index in [2.05, 4.69) is 5.32 Å². The van der Waals surface area contributed by atoms with Gasteiger partial charge in [0.15, 0.2) is 0 Å². The molecule has 3 aromatic rings. The third kappa shape index (κ3) is 4.04. The van der Waals surface area contributed by atoms with Crippen molar-refractivity contribution in [2.45, 2.75) is 12.5 Å². The molecule has 7 heteroatoms. The molecule has 30 heavy (non-hydrogen) atoms. The van der Waals surface area contributed by atoms with Crippen LogP contribution < -0.4 is 15.0 Å². The molecule has 0 aliphatic carbocycles. The second-order valence-corrected chi connectivity index (χ2v) is 7.53. The van der Waals surface area contributed by atoms with E-state index in [9.17, 15) is 9.59 Å². The average molecular weight is 425 g/mol. The van der Waals surface area contributed by atoms with E-state index in [1.54, 1.807) is 35.4 Å². The number of hydrogen-bond donors (Lipinski definition) is 1. The number of ether oxygens (including phenoxy) is 1.